The number of ether oxygens (including phenoxy) is 4. The summed E-state index contributed by atoms with van der Waals surface area (Å²) in [4.78, 5) is 12.5. The maximum Gasteiger partial charge on any atom is 0.204 e. The molecule has 1 rings (SSSR count). The quantitative estimate of drug-likeness (QED) is 0.686. The fraction of sp³-hybridized carbons (Fsp3) is 0.533. The molecule has 0 saturated heterocycles. The molecule has 0 heterocycles. The lowest BCUT2D eigenvalue weighted by Crippen LogP contribution is -2.15. The van der Waals surface area contributed by atoms with Gasteiger partial charge in [0.15, 0.2) is 17.3 Å². The van der Waals surface area contributed by atoms with Crippen LogP contribution in [0.2, 0.25) is 0 Å². The minimum absolute atomic E-state index is 0.000136. The van der Waals surface area contributed by atoms with Crippen LogP contribution in [0.15, 0.2) is 12.1 Å². The fourth-order valence-corrected chi connectivity index (χ4v) is 1.99. The summed E-state index contributed by atoms with van der Waals surface area (Å²) in [5.74, 6) is 1.22. The van der Waals surface area contributed by atoms with Crippen molar-refractivity contribution in [2.45, 2.75) is 13.3 Å². The number of benzene rings is 1. The molecular formula is C15H22O5. The van der Waals surface area contributed by atoms with Crippen molar-refractivity contribution < 1.29 is 23.7 Å². The second-order valence-corrected chi connectivity index (χ2v) is 4.43. The highest BCUT2D eigenvalue weighted by Gasteiger charge is 2.23. The van der Waals surface area contributed by atoms with E-state index in [-0.39, 0.29) is 11.7 Å². The third-order valence-corrected chi connectivity index (χ3v) is 3.17. The topological polar surface area (TPSA) is 54.0 Å². The first-order valence-electron chi connectivity index (χ1n) is 6.42. The molecule has 5 nitrogen and oxygen atoms in total. The zero-order valence-electron chi connectivity index (χ0n) is 12.7. The molecule has 1 atom stereocenters. The Morgan fingerprint density at radius 3 is 2.20 bits per heavy atom. The van der Waals surface area contributed by atoms with Crippen LogP contribution in [0.5, 0.6) is 17.2 Å². The van der Waals surface area contributed by atoms with E-state index < -0.39 is 0 Å². The van der Waals surface area contributed by atoms with Gasteiger partial charge in [-0.15, -0.1) is 0 Å². The van der Waals surface area contributed by atoms with E-state index in [2.05, 4.69) is 0 Å². The lowest BCUT2D eigenvalue weighted by Gasteiger charge is -2.17. The highest BCUT2D eigenvalue weighted by atomic mass is 16.5. The number of rotatable bonds is 8. The SMILES string of the molecule is COCCC(C)C(=O)c1ccc(OC)c(OC)c1OC. The van der Waals surface area contributed by atoms with E-state index in [1.165, 1.54) is 14.2 Å². The van der Waals surface area contributed by atoms with Crippen LogP contribution >= 0.6 is 0 Å². The first-order valence-corrected chi connectivity index (χ1v) is 6.42. The van der Waals surface area contributed by atoms with Crippen molar-refractivity contribution in [3.05, 3.63) is 17.7 Å². The van der Waals surface area contributed by atoms with Gasteiger partial charge in [0.1, 0.15) is 0 Å². The van der Waals surface area contributed by atoms with Crippen molar-refractivity contribution in [2.24, 2.45) is 5.92 Å². The highest BCUT2D eigenvalue weighted by molar-refractivity contribution is 6.01. The second-order valence-electron chi connectivity index (χ2n) is 4.43. The number of carbonyl (C=O) groups is 1. The van der Waals surface area contributed by atoms with E-state index >= 15 is 0 Å². The van der Waals surface area contributed by atoms with Crippen molar-refractivity contribution in [2.75, 3.05) is 35.0 Å². The first kappa shape index (κ1) is 16.3. The van der Waals surface area contributed by atoms with Gasteiger partial charge in [0, 0.05) is 19.6 Å². The first-order chi connectivity index (χ1) is 9.60. The predicted molar refractivity (Wildman–Crippen MR) is 76.1 cm³/mol. The molecule has 0 bridgehead atoms. The van der Waals surface area contributed by atoms with Crippen molar-refractivity contribution in [1.82, 2.24) is 0 Å². The van der Waals surface area contributed by atoms with Crippen LogP contribution in [-0.4, -0.2) is 40.8 Å². The van der Waals surface area contributed by atoms with Gasteiger partial charge < -0.3 is 18.9 Å². The summed E-state index contributed by atoms with van der Waals surface area (Å²) in [6.07, 6.45) is 0.660. The van der Waals surface area contributed by atoms with E-state index in [9.17, 15) is 4.79 Å². The molecule has 0 aliphatic heterocycles. The van der Waals surface area contributed by atoms with Gasteiger partial charge in [-0.25, -0.2) is 0 Å². The summed E-state index contributed by atoms with van der Waals surface area (Å²) in [5.41, 5.74) is 0.494. The van der Waals surface area contributed by atoms with Crippen molar-refractivity contribution >= 4 is 5.78 Å². The molecule has 0 N–H and O–H groups in total. The molecule has 0 aliphatic carbocycles. The van der Waals surface area contributed by atoms with Crippen LogP contribution in [0.1, 0.15) is 23.7 Å². The zero-order valence-corrected chi connectivity index (χ0v) is 12.7. The lowest BCUT2D eigenvalue weighted by atomic mass is 9.95. The molecule has 0 amide bonds. The molecule has 1 aromatic rings. The standard InChI is InChI=1S/C15H22O5/c1-10(8-9-17-2)13(16)11-6-7-12(18-3)15(20-5)14(11)19-4/h6-7,10H,8-9H2,1-5H3. The summed E-state index contributed by atoms with van der Waals surface area (Å²) < 4.78 is 20.8. The second kappa shape index (κ2) is 7.75. The van der Waals surface area contributed by atoms with Crippen LogP contribution in [0.4, 0.5) is 0 Å². The van der Waals surface area contributed by atoms with Crippen molar-refractivity contribution in [3.63, 3.8) is 0 Å². The minimum atomic E-state index is -0.151. The molecule has 1 unspecified atom stereocenters. The Labute approximate surface area is 119 Å². The average molecular weight is 282 g/mol. The summed E-state index contributed by atoms with van der Waals surface area (Å²) in [6, 6.07) is 3.41. The predicted octanol–water partition coefficient (Wildman–Crippen LogP) is 2.57. The van der Waals surface area contributed by atoms with Gasteiger partial charge in [0.25, 0.3) is 0 Å². The lowest BCUT2D eigenvalue weighted by molar-refractivity contribution is 0.0890. The fourth-order valence-electron chi connectivity index (χ4n) is 1.99. The summed E-state index contributed by atoms with van der Waals surface area (Å²) in [7, 11) is 6.19. The van der Waals surface area contributed by atoms with E-state index in [4.69, 9.17) is 18.9 Å². The Bertz CT molecular complexity index is 456. The van der Waals surface area contributed by atoms with Crippen LogP contribution in [0.3, 0.4) is 0 Å². The van der Waals surface area contributed by atoms with Gasteiger partial charge in [0.05, 0.1) is 26.9 Å². The molecule has 0 aromatic heterocycles. The normalized spacial score (nSPS) is 11.8. The largest absolute Gasteiger partial charge is 0.493 e. The van der Waals surface area contributed by atoms with E-state index in [0.29, 0.717) is 35.8 Å². The molecule has 0 aliphatic rings. The molecule has 5 heteroatoms. The Morgan fingerprint density at radius 2 is 1.70 bits per heavy atom. The Hall–Kier alpha value is -1.75. The minimum Gasteiger partial charge on any atom is -0.493 e. The summed E-state index contributed by atoms with van der Waals surface area (Å²) in [6.45, 7) is 2.42. The Morgan fingerprint density at radius 1 is 1.05 bits per heavy atom. The summed E-state index contributed by atoms with van der Waals surface area (Å²) in [5, 5.41) is 0. The van der Waals surface area contributed by atoms with Gasteiger partial charge in [-0.05, 0) is 18.6 Å². The van der Waals surface area contributed by atoms with Crippen LogP contribution in [0.25, 0.3) is 0 Å². The number of methoxy groups -OCH3 is 4. The summed E-state index contributed by atoms with van der Waals surface area (Å²) >= 11 is 0. The van der Waals surface area contributed by atoms with Crippen molar-refractivity contribution in [3.8, 4) is 17.2 Å². The van der Waals surface area contributed by atoms with E-state index in [1.807, 2.05) is 6.92 Å². The maximum absolute atomic E-state index is 12.5. The zero-order chi connectivity index (χ0) is 15.1. The number of Topliss-reactive ketones (excluding diaryl/α,β-unsaturated/α-hetero) is 1. The van der Waals surface area contributed by atoms with Crippen LogP contribution in [-0.2, 0) is 4.74 Å². The van der Waals surface area contributed by atoms with Crippen LogP contribution < -0.4 is 14.2 Å². The number of hydrogen-bond donors (Lipinski definition) is 0. The van der Waals surface area contributed by atoms with Gasteiger partial charge in [-0.2, -0.15) is 0 Å². The highest BCUT2D eigenvalue weighted by Crippen LogP contribution is 2.40. The van der Waals surface area contributed by atoms with Crippen molar-refractivity contribution in [1.29, 1.82) is 0 Å². The molecule has 0 radical (unpaired) electrons. The Balaban J connectivity index is 3.14. The molecule has 0 spiro atoms. The molecule has 1 aromatic carbocycles. The average Bonchev–Trinajstić information content (AvgIpc) is 2.49. The van der Waals surface area contributed by atoms with E-state index in [1.54, 1.807) is 26.4 Å². The monoisotopic (exact) mass is 282 g/mol. The maximum atomic E-state index is 12.5. The van der Waals surface area contributed by atoms with Crippen LogP contribution in [0, 0.1) is 5.92 Å². The molecule has 0 saturated carbocycles. The van der Waals surface area contributed by atoms with Gasteiger partial charge in [-0.1, -0.05) is 6.92 Å². The smallest absolute Gasteiger partial charge is 0.204 e. The third kappa shape index (κ3) is 3.42. The Kier molecular flexibility index (Phi) is 6.31. The van der Waals surface area contributed by atoms with Gasteiger partial charge in [0.2, 0.25) is 5.75 Å². The van der Waals surface area contributed by atoms with Gasteiger partial charge in [-0.3, -0.25) is 4.79 Å². The molecule has 0 fully saturated rings. The van der Waals surface area contributed by atoms with E-state index in [0.717, 1.165) is 0 Å². The number of hydrogen-bond acceptors (Lipinski definition) is 5. The molecule has 112 valence electrons. The number of carbonyl (C=O) groups excluding carboxylic acids is 1. The van der Waals surface area contributed by atoms with Gasteiger partial charge >= 0.3 is 0 Å². The number of ketones is 1. The molecular weight excluding hydrogens is 260 g/mol. The third-order valence-electron chi connectivity index (χ3n) is 3.17. The molecule has 20 heavy (non-hydrogen) atoms.